The molecule has 2 aliphatic heterocycles. The molecule has 0 unspecified atom stereocenters. The van der Waals surface area contributed by atoms with E-state index in [1.54, 1.807) is 0 Å². The molecule has 0 saturated carbocycles. The van der Waals surface area contributed by atoms with Gasteiger partial charge >= 0.3 is 0 Å². The van der Waals surface area contributed by atoms with Crippen molar-refractivity contribution < 1.29 is 24.0 Å². The van der Waals surface area contributed by atoms with E-state index in [9.17, 15) is 24.0 Å². The molecule has 3 rings (SSSR count). The van der Waals surface area contributed by atoms with Gasteiger partial charge in [-0.05, 0) is 44.6 Å². The predicted octanol–water partition coefficient (Wildman–Crippen LogP) is 0.259. The Morgan fingerprint density at radius 3 is 2.03 bits per heavy atom. The fourth-order valence-electron chi connectivity index (χ4n) is 4.60. The van der Waals surface area contributed by atoms with Crippen molar-refractivity contribution in [1.82, 2.24) is 26.2 Å². The van der Waals surface area contributed by atoms with Gasteiger partial charge in [0, 0.05) is 13.0 Å². The maximum atomic E-state index is 13.6. The first-order valence-corrected chi connectivity index (χ1v) is 12.6. The Morgan fingerprint density at radius 2 is 1.39 bits per heavy atom. The molecular weight excluding hydrogens is 462 g/mol. The average Bonchev–Trinajstić information content (AvgIpc) is 3.32. The third kappa shape index (κ3) is 6.83. The first-order valence-electron chi connectivity index (χ1n) is 12.6. The fourth-order valence-corrected chi connectivity index (χ4v) is 4.60. The molecule has 10 heteroatoms. The third-order valence-electron chi connectivity index (χ3n) is 6.58. The molecule has 36 heavy (non-hydrogen) atoms. The Bertz CT molecular complexity index is 982. The smallest absolute Gasteiger partial charge is 0.245 e. The highest BCUT2D eigenvalue weighted by Gasteiger charge is 2.39. The van der Waals surface area contributed by atoms with Crippen molar-refractivity contribution in [3.8, 4) is 0 Å². The van der Waals surface area contributed by atoms with Gasteiger partial charge in [0.1, 0.15) is 30.2 Å². The van der Waals surface area contributed by atoms with Gasteiger partial charge in [-0.15, -0.1) is 0 Å². The van der Waals surface area contributed by atoms with Crippen LogP contribution in [0.3, 0.4) is 0 Å². The SMILES string of the molecule is CC(C)C[C@@H]1NC(=O)[C@H](Cc2ccccc2)NC(=O)[C@H](C)NC(=O)[C@@H](C)NC(=O)[C@@H]2CCCN2C1=O. The lowest BCUT2D eigenvalue weighted by Gasteiger charge is -2.30. The van der Waals surface area contributed by atoms with E-state index in [2.05, 4.69) is 21.3 Å². The van der Waals surface area contributed by atoms with Crippen molar-refractivity contribution >= 4 is 29.5 Å². The van der Waals surface area contributed by atoms with Crippen molar-refractivity contribution in [2.45, 2.75) is 83.6 Å². The van der Waals surface area contributed by atoms with Crippen LogP contribution in [0.5, 0.6) is 0 Å². The summed E-state index contributed by atoms with van der Waals surface area (Å²) in [4.78, 5) is 67.1. The predicted molar refractivity (Wildman–Crippen MR) is 133 cm³/mol. The lowest BCUT2D eigenvalue weighted by molar-refractivity contribution is -0.142. The van der Waals surface area contributed by atoms with Gasteiger partial charge in [-0.1, -0.05) is 44.2 Å². The van der Waals surface area contributed by atoms with E-state index in [1.807, 2.05) is 44.2 Å². The molecule has 2 aliphatic rings. The van der Waals surface area contributed by atoms with Crippen LogP contribution < -0.4 is 21.3 Å². The number of rotatable bonds is 4. The van der Waals surface area contributed by atoms with E-state index >= 15 is 0 Å². The highest BCUT2D eigenvalue weighted by Crippen LogP contribution is 2.21. The van der Waals surface area contributed by atoms with Gasteiger partial charge in [-0.25, -0.2) is 0 Å². The highest BCUT2D eigenvalue weighted by atomic mass is 16.2. The van der Waals surface area contributed by atoms with Crippen LogP contribution in [0.25, 0.3) is 0 Å². The van der Waals surface area contributed by atoms with E-state index in [0.29, 0.717) is 25.8 Å². The van der Waals surface area contributed by atoms with E-state index < -0.39 is 53.8 Å². The summed E-state index contributed by atoms with van der Waals surface area (Å²) in [6, 6.07) is 4.88. The summed E-state index contributed by atoms with van der Waals surface area (Å²) in [6.07, 6.45) is 1.72. The van der Waals surface area contributed by atoms with Crippen LogP contribution in [-0.2, 0) is 30.4 Å². The summed E-state index contributed by atoms with van der Waals surface area (Å²) in [5.74, 6) is -2.22. The lowest BCUT2D eigenvalue weighted by Crippen LogP contribution is -2.58. The zero-order valence-electron chi connectivity index (χ0n) is 21.4. The molecule has 2 heterocycles. The van der Waals surface area contributed by atoms with Crippen molar-refractivity contribution in [3.05, 3.63) is 35.9 Å². The first kappa shape index (κ1) is 27.2. The minimum atomic E-state index is -0.960. The van der Waals surface area contributed by atoms with Crippen LogP contribution in [0.2, 0.25) is 0 Å². The van der Waals surface area contributed by atoms with Crippen molar-refractivity contribution in [2.75, 3.05) is 6.54 Å². The minimum absolute atomic E-state index is 0.0974. The van der Waals surface area contributed by atoms with E-state index in [-0.39, 0.29) is 18.2 Å². The third-order valence-corrected chi connectivity index (χ3v) is 6.58. The van der Waals surface area contributed by atoms with Crippen LogP contribution in [-0.4, -0.2) is 71.2 Å². The maximum Gasteiger partial charge on any atom is 0.245 e. The number of carbonyl (C=O) groups is 5. The molecule has 0 spiro atoms. The minimum Gasteiger partial charge on any atom is -0.343 e. The number of amides is 5. The van der Waals surface area contributed by atoms with E-state index in [0.717, 1.165) is 5.56 Å². The zero-order valence-corrected chi connectivity index (χ0v) is 21.4. The zero-order chi connectivity index (χ0) is 26.4. The van der Waals surface area contributed by atoms with E-state index in [1.165, 1.54) is 18.7 Å². The summed E-state index contributed by atoms with van der Waals surface area (Å²) in [7, 11) is 0. The number of nitrogens with zero attached hydrogens (tertiary/aromatic N) is 1. The molecule has 2 fully saturated rings. The van der Waals surface area contributed by atoms with Gasteiger partial charge in [-0.3, -0.25) is 24.0 Å². The molecule has 1 aromatic carbocycles. The van der Waals surface area contributed by atoms with Crippen LogP contribution in [0, 0.1) is 5.92 Å². The Kier molecular flexibility index (Phi) is 9.06. The highest BCUT2D eigenvalue weighted by molar-refractivity contribution is 5.98. The molecule has 0 bridgehead atoms. The van der Waals surface area contributed by atoms with Gasteiger partial charge < -0.3 is 26.2 Å². The first-order chi connectivity index (χ1) is 17.1. The Hall–Kier alpha value is -3.43. The summed E-state index contributed by atoms with van der Waals surface area (Å²) in [5.41, 5.74) is 0.835. The number of carbonyl (C=O) groups excluding carboxylic acids is 5. The largest absolute Gasteiger partial charge is 0.343 e. The quantitative estimate of drug-likeness (QED) is 0.471. The van der Waals surface area contributed by atoms with Crippen LogP contribution in [0.15, 0.2) is 30.3 Å². The second kappa shape index (κ2) is 12.0. The van der Waals surface area contributed by atoms with Gasteiger partial charge in [-0.2, -0.15) is 0 Å². The second-order valence-electron chi connectivity index (χ2n) is 10.1. The molecule has 1 aromatic rings. The monoisotopic (exact) mass is 499 g/mol. The van der Waals surface area contributed by atoms with Crippen molar-refractivity contribution in [1.29, 1.82) is 0 Å². The van der Waals surface area contributed by atoms with Gasteiger partial charge in [0.2, 0.25) is 29.5 Å². The van der Waals surface area contributed by atoms with Crippen LogP contribution in [0.4, 0.5) is 0 Å². The fraction of sp³-hybridized carbons (Fsp3) is 0.577. The van der Waals surface area contributed by atoms with Crippen molar-refractivity contribution in [3.63, 3.8) is 0 Å². The molecule has 0 aromatic heterocycles. The molecule has 0 aliphatic carbocycles. The van der Waals surface area contributed by atoms with Gasteiger partial charge in [0.05, 0.1) is 0 Å². The lowest BCUT2D eigenvalue weighted by atomic mass is 10.00. The summed E-state index contributed by atoms with van der Waals surface area (Å²) >= 11 is 0. The van der Waals surface area contributed by atoms with Crippen LogP contribution >= 0.6 is 0 Å². The number of hydrogen-bond acceptors (Lipinski definition) is 5. The molecule has 0 radical (unpaired) electrons. The average molecular weight is 500 g/mol. The molecule has 4 N–H and O–H groups in total. The Morgan fingerprint density at radius 1 is 0.806 bits per heavy atom. The number of hydrogen-bond donors (Lipinski definition) is 4. The topological polar surface area (TPSA) is 137 Å². The number of fused-ring (bicyclic) bond motifs is 1. The standard InChI is InChI=1S/C26H37N5O5/c1-15(2)13-20-26(36)31-12-8-11-21(31)25(35)28-16(3)22(32)27-17(4)23(33)29-19(24(34)30-20)14-18-9-6-5-7-10-18/h5-7,9-10,15-17,19-21H,8,11-14H2,1-4H3,(H,27,32)(H,28,35)(H,29,33)(H,30,34)/t16-,17+,19+,20+,21+/m1/s1. The summed E-state index contributed by atoms with van der Waals surface area (Å²) < 4.78 is 0. The molecule has 10 nitrogen and oxygen atoms in total. The molecule has 196 valence electrons. The number of nitrogens with one attached hydrogen (secondary N) is 4. The van der Waals surface area contributed by atoms with Crippen molar-refractivity contribution in [2.24, 2.45) is 5.92 Å². The number of benzene rings is 1. The normalized spacial score (nSPS) is 28.4. The molecule has 5 atom stereocenters. The van der Waals surface area contributed by atoms with Crippen LogP contribution in [0.1, 0.15) is 52.5 Å². The van der Waals surface area contributed by atoms with E-state index in [4.69, 9.17) is 0 Å². The molecule has 2 saturated heterocycles. The Balaban J connectivity index is 1.96. The Labute approximate surface area is 211 Å². The summed E-state index contributed by atoms with van der Waals surface area (Å²) in [5, 5.41) is 10.9. The maximum absolute atomic E-state index is 13.6. The summed E-state index contributed by atoms with van der Waals surface area (Å²) in [6.45, 7) is 7.34. The molecule has 5 amide bonds. The molecular formula is C26H37N5O5. The van der Waals surface area contributed by atoms with Gasteiger partial charge in [0.15, 0.2) is 0 Å². The van der Waals surface area contributed by atoms with Gasteiger partial charge in [0.25, 0.3) is 0 Å². The second-order valence-corrected chi connectivity index (χ2v) is 10.1.